The predicted octanol–water partition coefficient (Wildman–Crippen LogP) is 0.0314. The van der Waals surface area contributed by atoms with Crippen LogP contribution in [0.1, 0.15) is 5.56 Å². The fourth-order valence-electron chi connectivity index (χ4n) is 3.54. The number of imide groups is 1. The standard InChI is InChI=1S/C20H27N3O5/c1-21(9-12-24)18-17(15-5-3-4-6-16(15)27-2)19(25)23(20(18)26)8-7-22-10-13-28-14-11-22/h3-6,24H,7-14H2,1-2H3. The number of rotatable bonds is 8. The molecule has 1 saturated heterocycles. The van der Waals surface area contributed by atoms with E-state index < -0.39 is 0 Å². The number of ether oxygens (including phenoxy) is 2. The number of carbonyl (C=O) groups is 2. The largest absolute Gasteiger partial charge is 0.496 e. The molecule has 3 rings (SSSR count). The van der Waals surface area contributed by atoms with Crippen LogP contribution in [0.3, 0.4) is 0 Å². The number of hydrogen-bond acceptors (Lipinski definition) is 7. The second-order valence-corrected chi connectivity index (χ2v) is 6.79. The summed E-state index contributed by atoms with van der Waals surface area (Å²) in [5.41, 5.74) is 1.20. The molecule has 0 unspecified atom stereocenters. The molecule has 2 aliphatic rings. The highest BCUT2D eigenvalue weighted by molar-refractivity contribution is 6.36. The Balaban J connectivity index is 1.90. The van der Waals surface area contributed by atoms with Crippen molar-refractivity contribution in [3.8, 4) is 5.75 Å². The van der Waals surface area contributed by atoms with Crippen LogP contribution < -0.4 is 4.74 Å². The third-order valence-electron chi connectivity index (χ3n) is 5.08. The van der Waals surface area contributed by atoms with Crippen molar-refractivity contribution in [1.29, 1.82) is 0 Å². The Morgan fingerprint density at radius 2 is 1.86 bits per heavy atom. The van der Waals surface area contributed by atoms with E-state index in [1.807, 2.05) is 12.1 Å². The minimum absolute atomic E-state index is 0.117. The number of para-hydroxylation sites is 1. The third kappa shape index (κ3) is 4.04. The Morgan fingerprint density at radius 3 is 2.54 bits per heavy atom. The summed E-state index contributed by atoms with van der Waals surface area (Å²) in [6.45, 7) is 3.97. The summed E-state index contributed by atoms with van der Waals surface area (Å²) >= 11 is 0. The van der Waals surface area contributed by atoms with E-state index >= 15 is 0 Å². The van der Waals surface area contributed by atoms with Gasteiger partial charge in [0.25, 0.3) is 11.8 Å². The molecule has 0 radical (unpaired) electrons. The van der Waals surface area contributed by atoms with Crippen LogP contribution >= 0.6 is 0 Å². The van der Waals surface area contributed by atoms with E-state index in [-0.39, 0.29) is 25.0 Å². The molecule has 1 fully saturated rings. The van der Waals surface area contributed by atoms with Gasteiger partial charge < -0.3 is 19.5 Å². The molecule has 1 aromatic carbocycles. The molecule has 1 N–H and O–H groups in total. The highest BCUT2D eigenvalue weighted by Crippen LogP contribution is 2.35. The fourth-order valence-corrected chi connectivity index (χ4v) is 3.54. The van der Waals surface area contributed by atoms with Crippen molar-refractivity contribution in [2.45, 2.75) is 0 Å². The first-order valence-electron chi connectivity index (χ1n) is 9.44. The lowest BCUT2D eigenvalue weighted by atomic mass is 10.0. The Morgan fingerprint density at radius 1 is 1.14 bits per heavy atom. The monoisotopic (exact) mass is 389 g/mol. The van der Waals surface area contributed by atoms with Gasteiger partial charge in [-0.2, -0.15) is 0 Å². The third-order valence-corrected chi connectivity index (χ3v) is 5.08. The number of benzene rings is 1. The second-order valence-electron chi connectivity index (χ2n) is 6.79. The molecule has 152 valence electrons. The summed E-state index contributed by atoms with van der Waals surface area (Å²) < 4.78 is 10.8. The van der Waals surface area contributed by atoms with Gasteiger partial charge >= 0.3 is 0 Å². The van der Waals surface area contributed by atoms with Crippen LogP contribution in [0.5, 0.6) is 5.75 Å². The Hall–Kier alpha value is -2.42. The van der Waals surface area contributed by atoms with Crippen LogP contribution in [-0.4, -0.2) is 98.3 Å². The maximum atomic E-state index is 13.2. The molecular formula is C20H27N3O5. The smallest absolute Gasteiger partial charge is 0.277 e. The average molecular weight is 389 g/mol. The van der Waals surface area contributed by atoms with Crippen LogP contribution in [0.15, 0.2) is 30.0 Å². The fraction of sp³-hybridized carbons (Fsp3) is 0.500. The van der Waals surface area contributed by atoms with Gasteiger partial charge in [0.1, 0.15) is 11.4 Å². The molecule has 2 aliphatic heterocycles. The van der Waals surface area contributed by atoms with Crippen LogP contribution in [0, 0.1) is 0 Å². The van der Waals surface area contributed by atoms with E-state index in [1.54, 1.807) is 24.1 Å². The van der Waals surface area contributed by atoms with Crippen LogP contribution in [0.2, 0.25) is 0 Å². The Labute approximate surface area is 164 Å². The molecule has 0 spiro atoms. The number of morpholine rings is 1. The van der Waals surface area contributed by atoms with Crippen molar-refractivity contribution in [2.24, 2.45) is 0 Å². The lowest BCUT2D eigenvalue weighted by molar-refractivity contribution is -0.137. The number of hydrogen-bond donors (Lipinski definition) is 1. The van der Waals surface area contributed by atoms with Gasteiger partial charge in [0.2, 0.25) is 0 Å². The molecule has 2 heterocycles. The van der Waals surface area contributed by atoms with E-state index in [4.69, 9.17) is 9.47 Å². The van der Waals surface area contributed by atoms with Crippen molar-refractivity contribution in [3.63, 3.8) is 0 Å². The van der Waals surface area contributed by atoms with Gasteiger partial charge in [-0.1, -0.05) is 18.2 Å². The number of carbonyl (C=O) groups excluding carboxylic acids is 2. The second kappa shape index (κ2) is 9.18. The predicted molar refractivity (Wildman–Crippen MR) is 104 cm³/mol. The number of nitrogens with zero attached hydrogens (tertiary/aromatic N) is 3. The summed E-state index contributed by atoms with van der Waals surface area (Å²) in [6.07, 6.45) is 0. The highest BCUT2D eigenvalue weighted by atomic mass is 16.5. The molecule has 0 aromatic heterocycles. The first-order valence-corrected chi connectivity index (χ1v) is 9.44. The van der Waals surface area contributed by atoms with Gasteiger partial charge in [-0.25, -0.2) is 0 Å². The lowest BCUT2D eigenvalue weighted by Gasteiger charge is -2.28. The number of amides is 2. The Kier molecular flexibility index (Phi) is 6.66. The SMILES string of the molecule is COc1ccccc1C1=C(N(C)CCO)C(=O)N(CCN2CCOCC2)C1=O. The van der Waals surface area contributed by atoms with Crippen molar-refractivity contribution >= 4 is 17.4 Å². The minimum Gasteiger partial charge on any atom is -0.496 e. The minimum atomic E-state index is -0.338. The first kappa shape index (κ1) is 20.3. The van der Waals surface area contributed by atoms with E-state index in [1.165, 1.54) is 12.0 Å². The molecule has 0 saturated carbocycles. The lowest BCUT2D eigenvalue weighted by Crippen LogP contribution is -2.44. The maximum Gasteiger partial charge on any atom is 0.277 e. The van der Waals surface area contributed by atoms with E-state index in [0.717, 1.165) is 13.1 Å². The van der Waals surface area contributed by atoms with Crippen molar-refractivity contribution in [2.75, 3.05) is 66.7 Å². The number of aliphatic hydroxyl groups excluding tert-OH is 1. The quantitative estimate of drug-likeness (QED) is 0.628. The van der Waals surface area contributed by atoms with E-state index in [9.17, 15) is 14.7 Å². The van der Waals surface area contributed by atoms with Crippen LogP contribution in [0.25, 0.3) is 5.57 Å². The van der Waals surface area contributed by atoms with Gasteiger partial charge in [-0.15, -0.1) is 0 Å². The first-order chi connectivity index (χ1) is 13.6. The molecule has 8 heteroatoms. The zero-order valence-corrected chi connectivity index (χ0v) is 16.4. The topological polar surface area (TPSA) is 82.6 Å². The van der Waals surface area contributed by atoms with Crippen molar-refractivity contribution in [3.05, 3.63) is 35.5 Å². The Bertz CT molecular complexity index is 758. The van der Waals surface area contributed by atoms with Gasteiger partial charge in [-0.3, -0.25) is 19.4 Å². The van der Waals surface area contributed by atoms with Gasteiger partial charge in [0.15, 0.2) is 0 Å². The molecule has 1 aromatic rings. The van der Waals surface area contributed by atoms with Crippen molar-refractivity contribution < 1.29 is 24.2 Å². The maximum absolute atomic E-state index is 13.2. The summed E-state index contributed by atoms with van der Waals surface area (Å²) in [5, 5.41) is 9.33. The molecule has 0 atom stereocenters. The molecule has 2 amide bonds. The average Bonchev–Trinajstić information content (AvgIpc) is 2.97. The zero-order valence-electron chi connectivity index (χ0n) is 16.4. The van der Waals surface area contributed by atoms with Gasteiger partial charge in [-0.05, 0) is 6.07 Å². The summed E-state index contributed by atoms with van der Waals surface area (Å²) in [7, 11) is 3.24. The number of likely N-dealkylation sites (N-methyl/N-ethyl adjacent to an activating group) is 1. The van der Waals surface area contributed by atoms with Crippen LogP contribution in [-0.2, 0) is 14.3 Å². The summed E-state index contributed by atoms with van der Waals surface area (Å²) in [6, 6.07) is 7.16. The van der Waals surface area contributed by atoms with Gasteiger partial charge in [0.05, 0.1) is 32.5 Å². The normalized spacial score (nSPS) is 18.2. The number of methoxy groups -OCH3 is 1. The van der Waals surface area contributed by atoms with Crippen molar-refractivity contribution in [1.82, 2.24) is 14.7 Å². The van der Waals surface area contributed by atoms with Gasteiger partial charge in [0, 0.05) is 45.3 Å². The molecule has 28 heavy (non-hydrogen) atoms. The van der Waals surface area contributed by atoms with E-state index in [0.29, 0.717) is 48.9 Å². The molecule has 0 bridgehead atoms. The van der Waals surface area contributed by atoms with E-state index in [2.05, 4.69) is 4.90 Å². The molecule has 8 nitrogen and oxygen atoms in total. The summed E-state index contributed by atoms with van der Waals surface area (Å²) in [4.78, 5) is 31.5. The zero-order chi connectivity index (χ0) is 20.1. The van der Waals surface area contributed by atoms with Crippen LogP contribution in [0.4, 0.5) is 0 Å². The molecular weight excluding hydrogens is 362 g/mol. The molecule has 0 aliphatic carbocycles. The number of aliphatic hydroxyl groups is 1. The highest BCUT2D eigenvalue weighted by Gasteiger charge is 2.41. The summed E-state index contributed by atoms with van der Waals surface area (Å²) in [5.74, 6) is -0.138.